The highest BCUT2D eigenvalue weighted by Crippen LogP contribution is 2.36. The maximum Gasteiger partial charge on any atom is 0.333 e. The molecule has 5 rings (SSSR count). The molecule has 4 aromatic rings. The van der Waals surface area contributed by atoms with Crippen molar-refractivity contribution in [1.82, 2.24) is 24.8 Å². The SMILES string of the molecule is C[C@H](Nc1ncnc2cc(C(=O)N3CCC[C@@]3(CN)C(=O)OC(C)(C)C)c(Cl)cc12)c1nc2ccc(Cl)cc2[nH]1. The Kier molecular flexibility index (Phi) is 7.37. The van der Waals surface area contributed by atoms with Gasteiger partial charge in [-0.2, -0.15) is 0 Å². The van der Waals surface area contributed by atoms with Gasteiger partial charge in [-0.05, 0) is 70.9 Å². The molecular weight excluding hydrogens is 553 g/mol. The molecule has 0 radical (unpaired) electrons. The van der Waals surface area contributed by atoms with E-state index >= 15 is 0 Å². The van der Waals surface area contributed by atoms with Crippen molar-refractivity contribution in [3.05, 3.63) is 58.1 Å². The van der Waals surface area contributed by atoms with E-state index in [0.717, 1.165) is 11.0 Å². The molecule has 1 amide bonds. The number of fused-ring (bicyclic) bond motifs is 2. The fourth-order valence-electron chi connectivity index (χ4n) is 5.04. The van der Waals surface area contributed by atoms with E-state index in [4.69, 9.17) is 33.7 Å². The van der Waals surface area contributed by atoms with Crippen molar-refractivity contribution >= 4 is 62.8 Å². The van der Waals surface area contributed by atoms with Crippen LogP contribution < -0.4 is 11.1 Å². The second-order valence-corrected chi connectivity index (χ2v) is 11.9. The number of aromatic nitrogens is 4. The number of carbonyl (C=O) groups excluding carboxylic acids is 2. The first-order valence-corrected chi connectivity index (χ1v) is 13.8. The third-order valence-electron chi connectivity index (χ3n) is 7.03. The van der Waals surface area contributed by atoms with E-state index in [-0.39, 0.29) is 23.2 Å². The molecule has 0 unspecified atom stereocenters. The molecule has 1 aliphatic rings. The van der Waals surface area contributed by atoms with Crippen molar-refractivity contribution in [2.75, 3.05) is 18.4 Å². The largest absolute Gasteiger partial charge is 0.458 e. The second kappa shape index (κ2) is 10.5. The maximum absolute atomic E-state index is 13.8. The number of nitrogens with zero attached hydrogens (tertiary/aromatic N) is 4. The van der Waals surface area contributed by atoms with E-state index in [0.29, 0.717) is 47.0 Å². The number of carbonyl (C=O) groups is 2. The Labute approximate surface area is 241 Å². The molecule has 0 spiro atoms. The van der Waals surface area contributed by atoms with E-state index in [9.17, 15) is 9.59 Å². The number of imidazole rings is 1. The Balaban J connectivity index is 1.45. The number of likely N-dealkylation sites (tertiary alicyclic amines) is 1. The number of esters is 1. The Morgan fingerprint density at radius 3 is 2.70 bits per heavy atom. The van der Waals surface area contributed by atoms with Crippen LogP contribution in [0.15, 0.2) is 36.7 Å². The number of nitrogens with two attached hydrogens (primary N) is 1. The quantitative estimate of drug-likeness (QED) is 0.261. The fraction of sp³-hybridized carbons (Fsp3) is 0.393. The van der Waals surface area contributed by atoms with Crippen LogP contribution in [-0.2, 0) is 9.53 Å². The van der Waals surface area contributed by atoms with Gasteiger partial charge in [0.2, 0.25) is 0 Å². The van der Waals surface area contributed by atoms with Crippen molar-refractivity contribution in [3.8, 4) is 0 Å². The zero-order chi connectivity index (χ0) is 28.8. The first-order valence-electron chi connectivity index (χ1n) is 13.0. The van der Waals surface area contributed by atoms with E-state index < -0.39 is 23.0 Å². The molecular formula is C28H31Cl2N7O3. The summed E-state index contributed by atoms with van der Waals surface area (Å²) in [5, 5.41) is 4.82. The molecule has 0 saturated carbocycles. The third kappa shape index (κ3) is 5.18. The number of nitrogens with one attached hydrogen (secondary N) is 2. The maximum atomic E-state index is 13.8. The minimum absolute atomic E-state index is 0.0546. The van der Waals surface area contributed by atoms with Gasteiger partial charge in [-0.1, -0.05) is 23.2 Å². The smallest absolute Gasteiger partial charge is 0.333 e. The van der Waals surface area contributed by atoms with Gasteiger partial charge >= 0.3 is 5.97 Å². The average molecular weight is 585 g/mol. The summed E-state index contributed by atoms with van der Waals surface area (Å²) in [5.41, 5.74) is 6.50. The van der Waals surface area contributed by atoms with E-state index in [2.05, 4.69) is 25.3 Å². The number of H-pyrrole nitrogens is 1. The number of aromatic amines is 1. The first kappa shape index (κ1) is 28.1. The minimum atomic E-state index is -1.26. The van der Waals surface area contributed by atoms with Gasteiger partial charge in [0.1, 0.15) is 23.6 Å². The lowest BCUT2D eigenvalue weighted by molar-refractivity contribution is -0.166. The lowest BCUT2D eigenvalue weighted by atomic mass is 9.95. The zero-order valence-electron chi connectivity index (χ0n) is 22.7. The molecule has 4 N–H and O–H groups in total. The van der Waals surface area contributed by atoms with Gasteiger partial charge < -0.3 is 25.7 Å². The summed E-state index contributed by atoms with van der Waals surface area (Å²) < 4.78 is 5.66. The standard InChI is InChI=1S/C28H31Cl2N7O3/c1-15(23-35-20-7-6-16(29)10-22(20)36-23)34-24-18-11-19(30)17(12-21(18)32-14-33-24)25(38)37-9-5-8-28(37,13-31)26(39)40-27(2,3)4/h6-7,10-12,14-15H,5,8-9,13,31H2,1-4H3,(H,35,36)(H,32,33,34)/t15-,28+/m0/s1. The van der Waals surface area contributed by atoms with Crippen LogP contribution in [0.5, 0.6) is 0 Å². The summed E-state index contributed by atoms with van der Waals surface area (Å²) in [7, 11) is 0. The lowest BCUT2D eigenvalue weighted by Crippen LogP contribution is -2.59. The van der Waals surface area contributed by atoms with Crippen LogP contribution >= 0.6 is 23.2 Å². The van der Waals surface area contributed by atoms with Gasteiger partial charge in [-0.15, -0.1) is 0 Å². The predicted octanol–water partition coefficient (Wildman–Crippen LogP) is 5.26. The summed E-state index contributed by atoms with van der Waals surface area (Å²) in [4.78, 5) is 45.2. The van der Waals surface area contributed by atoms with Gasteiger partial charge in [0.15, 0.2) is 5.54 Å². The highest BCUT2D eigenvalue weighted by atomic mass is 35.5. The molecule has 1 aliphatic heterocycles. The van der Waals surface area contributed by atoms with Crippen LogP contribution in [0.2, 0.25) is 10.0 Å². The molecule has 12 heteroatoms. The highest BCUT2D eigenvalue weighted by Gasteiger charge is 2.51. The number of benzene rings is 2. The number of hydrogen-bond acceptors (Lipinski definition) is 8. The van der Waals surface area contributed by atoms with Gasteiger partial charge in [0.05, 0.1) is 33.2 Å². The van der Waals surface area contributed by atoms with Crippen molar-refractivity contribution < 1.29 is 14.3 Å². The molecule has 210 valence electrons. The molecule has 2 atom stereocenters. The Morgan fingerprint density at radius 1 is 1.20 bits per heavy atom. The normalized spacial score (nSPS) is 18.3. The molecule has 1 saturated heterocycles. The number of halogens is 2. The van der Waals surface area contributed by atoms with Crippen LogP contribution in [0.1, 0.15) is 62.8 Å². The first-order chi connectivity index (χ1) is 18.9. The number of hydrogen-bond donors (Lipinski definition) is 3. The molecule has 2 aromatic heterocycles. The highest BCUT2D eigenvalue weighted by molar-refractivity contribution is 6.35. The van der Waals surface area contributed by atoms with Crippen LogP contribution in [-0.4, -0.2) is 60.9 Å². The molecule has 2 aromatic carbocycles. The third-order valence-corrected chi connectivity index (χ3v) is 7.58. The van der Waals surface area contributed by atoms with E-state index in [1.165, 1.54) is 11.2 Å². The van der Waals surface area contributed by atoms with Crippen LogP contribution in [0, 0.1) is 0 Å². The molecule has 0 aliphatic carbocycles. The van der Waals surface area contributed by atoms with Gasteiger partial charge in [0, 0.05) is 23.5 Å². The molecule has 10 nitrogen and oxygen atoms in total. The van der Waals surface area contributed by atoms with E-state index in [1.54, 1.807) is 39.0 Å². The monoisotopic (exact) mass is 583 g/mol. The summed E-state index contributed by atoms with van der Waals surface area (Å²) in [5.74, 6) is 0.323. The van der Waals surface area contributed by atoms with Crippen LogP contribution in [0.4, 0.5) is 5.82 Å². The summed E-state index contributed by atoms with van der Waals surface area (Å²) in [6.45, 7) is 7.61. The van der Waals surface area contributed by atoms with Crippen LogP contribution in [0.3, 0.4) is 0 Å². The summed E-state index contributed by atoms with van der Waals surface area (Å²) in [6.07, 6.45) is 2.45. The topological polar surface area (TPSA) is 139 Å². The number of anilines is 1. The molecule has 40 heavy (non-hydrogen) atoms. The second-order valence-electron chi connectivity index (χ2n) is 11.0. The van der Waals surface area contributed by atoms with Crippen molar-refractivity contribution in [1.29, 1.82) is 0 Å². The van der Waals surface area contributed by atoms with E-state index in [1.807, 2.05) is 19.1 Å². The number of amides is 1. The molecule has 1 fully saturated rings. The van der Waals surface area contributed by atoms with Crippen molar-refractivity contribution in [2.45, 2.75) is 57.7 Å². The lowest BCUT2D eigenvalue weighted by Gasteiger charge is -2.37. The van der Waals surface area contributed by atoms with Crippen LogP contribution in [0.25, 0.3) is 21.9 Å². The molecule has 3 heterocycles. The fourth-order valence-corrected chi connectivity index (χ4v) is 5.45. The van der Waals surface area contributed by atoms with Gasteiger partial charge in [-0.25, -0.2) is 19.7 Å². The summed E-state index contributed by atoms with van der Waals surface area (Å²) in [6, 6.07) is 8.50. The number of ether oxygens (including phenoxy) is 1. The molecule has 0 bridgehead atoms. The van der Waals surface area contributed by atoms with Crippen molar-refractivity contribution in [2.24, 2.45) is 5.73 Å². The van der Waals surface area contributed by atoms with Gasteiger partial charge in [-0.3, -0.25) is 4.79 Å². The zero-order valence-corrected chi connectivity index (χ0v) is 24.2. The van der Waals surface area contributed by atoms with Gasteiger partial charge in [0.25, 0.3) is 5.91 Å². The minimum Gasteiger partial charge on any atom is -0.458 e. The average Bonchev–Trinajstić information content (AvgIpc) is 3.52. The number of rotatable bonds is 6. The summed E-state index contributed by atoms with van der Waals surface area (Å²) >= 11 is 12.8. The Morgan fingerprint density at radius 2 is 1.98 bits per heavy atom. The predicted molar refractivity (Wildman–Crippen MR) is 156 cm³/mol. The Bertz CT molecular complexity index is 1620. The van der Waals surface area contributed by atoms with Crippen molar-refractivity contribution in [3.63, 3.8) is 0 Å². The Hall–Kier alpha value is -3.47.